The van der Waals surface area contributed by atoms with Gasteiger partial charge in [-0.1, -0.05) is 27.7 Å². The first kappa shape index (κ1) is 15.1. The van der Waals surface area contributed by atoms with E-state index in [1.165, 1.54) is 6.04 Å². The first-order valence-electron chi connectivity index (χ1n) is 6.24. The van der Waals surface area contributed by atoms with Gasteiger partial charge in [-0.05, 0) is 43.9 Å². The number of hydrogen-bond acceptors (Lipinski definition) is 2. The van der Waals surface area contributed by atoms with Crippen LogP contribution in [-0.4, -0.2) is 21.0 Å². The van der Waals surface area contributed by atoms with Gasteiger partial charge >= 0.3 is 0 Å². The summed E-state index contributed by atoms with van der Waals surface area (Å²) in [6.45, 7) is 14.3. The lowest BCUT2D eigenvalue weighted by molar-refractivity contribution is 0.214. The largest absolute Gasteiger partial charge is 0.414 e. The summed E-state index contributed by atoms with van der Waals surface area (Å²) in [5, 5.41) is 0. The molecule has 0 bridgehead atoms. The number of rotatable bonds is 7. The molecule has 0 spiro atoms. The van der Waals surface area contributed by atoms with Gasteiger partial charge in [0.15, 0.2) is 8.32 Å². The minimum Gasteiger partial charge on any atom is -0.414 e. The highest BCUT2D eigenvalue weighted by molar-refractivity contribution is 6.76. The van der Waals surface area contributed by atoms with Crippen LogP contribution in [0.25, 0.3) is 0 Å². The second-order valence-electron chi connectivity index (χ2n) is 5.32. The second-order valence-corrected chi connectivity index (χ2v) is 10.3. The van der Waals surface area contributed by atoms with Crippen LogP contribution >= 0.6 is 0 Å². The van der Waals surface area contributed by atoms with E-state index in [0.29, 0.717) is 17.2 Å². The Kier molecular flexibility index (Phi) is 6.72. The molecule has 2 nitrogen and oxygen atoms in total. The summed E-state index contributed by atoms with van der Waals surface area (Å²) in [6.07, 6.45) is 1.45. The van der Waals surface area contributed by atoms with Gasteiger partial charge in [-0.25, -0.2) is 0 Å². The van der Waals surface area contributed by atoms with Gasteiger partial charge in [0.1, 0.15) is 0 Å². The molecule has 0 aromatic heterocycles. The lowest BCUT2D eigenvalue weighted by Gasteiger charge is -2.40. The van der Waals surface area contributed by atoms with Crippen LogP contribution in [0.2, 0.25) is 17.1 Å². The SMILES string of the molecule is CC(C)O[Si](CCCN)(C(C)C)C(C)C. The highest BCUT2D eigenvalue weighted by Crippen LogP contribution is 2.38. The first-order valence-corrected chi connectivity index (χ1v) is 8.51. The second kappa shape index (κ2) is 6.66. The zero-order valence-corrected chi connectivity index (χ0v) is 12.3. The Morgan fingerprint density at radius 1 is 1.00 bits per heavy atom. The molecule has 0 saturated carbocycles. The molecular weight excluding hydrogens is 202 g/mol. The van der Waals surface area contributed by atoms with E-state index in [-0.39, 0.29) is 0 Å². The smallest absolute Gasteiger partial charge is 0.198 e. The summed E-state index contributed by atoms with van der Waals surface area (Å²) < 4.78 is 6.35. The fourth-order valence-corrected chi connectivity index (χ4v) is 7.18. The normalized spacial score (nSPS) is 13.2. The van der Waals surface area contributed by atoms with E-state index in [1.54, 1.807) is 0 Å². The molecule has 0 aliphatic carbocycles. The van der Waals surface area contributed by atoms with Crippen LogP contribution in [0, 0.1) is 0 Å². The summed E-state index contributed by atoms with van der Waals surface area (Å²) in [5.74, 6) is 0. The minimum atomic E-state index is -1.61. The van der Waals surface area contributed by atoms with Crippen molar-refractivity contribution in [1.82, 2.24) is 0 Å². The van der Waals surface area contributed by atoms with E-state index in [1.807, 2.05) is 0 Å². The van der Waals surface area contributed by atoms with Crippen LogP contribution in [-0.2, 0) is 4.43 Å². The van der Waals surface area contributed by atoms with Crippen molar-refractivity contribution in [3.63, 3.8) is 0 Å². The Labute approximate surface area is 96.7 Å². The van der Waals surface area contributed by atoms with Crippen molar-refractivity contribution < 1.29 is 4.43 Å². The maximum Gasteiger partial charge on any atom is 0.198 e. The molecule has 0 amide bonds. The molecular formula is C12H29NOSi. The van der Waals surface area contributed by atoms with E-state index in [0.717, 1.165) is 13.0 Å². The molecule has 0 atom stereocenters. The van der Waals surface area contributed by atoms with Crippen molar-refractivity contribution in [1.29, 1.82) is 0 Å². The zero-order chi connectivity index (χ0) is 12.1. The third kappa shape index (κ3) is 4.25. The average Bonchev–Trinajstić information content (AvgIpc) is 2.10. The van der Waals surface area contributed by atoms with Crippen molar-refractivity contribution in [3.05, 3.63) is 0 Å². The molecule has 0 aliphatic heterocycles. The highest BCUT2D eigenvalue weighted by atomic mass is 28.4. The van der Waals surface area contributed by atoms with Gasteiger partial charge in [-0.15, -0.1) is 0 Å². The number of hydrogen-bond donors (Lipinski definition) is 1. The van der Waals surface area contributed by atoms with Gasteiger partial charge < -0.3 is 10.2 Å². The maximum absolute atomic E-state index is 6.35. The standard InChI is InChI=1S/C12H29NOSi/c1-10(2)14-15(11(3)4,12(5)6)9-7-8-13/h10-12H,7-9,13H2,1-6H3. The molecule has 0 heterocycles. The summed E-state index contributed by atoms with van der Waals surface area (Å²) in [5.41, 5.74) is 6.98. The van der Waals surface area contributed by atoms with Crippen LogP contribution in [0.1, 0.15) is 48.0 Å². The van der Waals surface area contributed by atoms with Crippen LogP contribution < -0.4 is 5.73 Å². The van der Waals surface area contributed by atoms with Gasteiger partial charge in [0.05, 0.1) is 0 Å². The maximum atomic E-state index is 6.35. The van der Waals surface area contributed by atoms with Crippen molar-refractivity contribution in [2.24, 2.45) is 5.73 Å². The topological polar surface area (TPSA) is 35.2 Å². The summed E-state index contributed by atoms with van der Waals surface area (Å²) in [7, 11) is -1.61. The van der Waals surface area contributed by atoms with Crippen molar-refractivity contribution in [3.8, 4) is 0 Å². The summed E-state index contributed by atoms with van der Waals surface area (Å²) >= 11 is 0. The molecule has 0 rings (SSSR count). The quantitative estimate of drug-likeness (QED) is 0.680. The Hall–Kier alpha value is 0.137. The van der Waals surface area contributed by atoms with Crippen LogP contribution in [0.4, 0.5) is 0 Å². The van der Waals surface area contributed by atoms with E-state index in [2.05, 4.69) is 41.5 Å². The predicted molar refractivity (Wildman–Crippen MR) is 70.6 cm³/mol. The molecule has 0 aromatic rings. The third-order valence-electron chi connectivity index (χ3n) is 3.18. The van der Waals surface area contributed by atoms with E-state index >= 15 is 0 Å². The molecule has 15 heavy (non-hydrogen) atoms. The third-order valence-corrected chi connectivity index (χ3v) is 9.14. The minimum absolute atomic E-state index is 0.347. The zero-order valence-electron chi connectivity index (χ0n) is 11.3. The van der Waals surface area contributed by atoms with Crippen LogP contribution in [0.3, 0.4) is 0 Å². The molecule has 2 N–H and O–H groups in total. The molecule has 0 saturated heterocycles. The molecule has 0 fully saturated rings. The van der Waals surface area contributed by atoms with Crippen LogP contribution in [0.5, 0.6) is 0 Å². The molecule has 92 valence electrons. The fraction of sp³-hybridized carbons (Fsp3) is 1.00. The van der Waals surface area contributed by atoms with E-state index in [9.17, 15) is 0 Å². The van der Waals surface area contributed by atoms with E-state index < -0.39 is 8.32 Å². The molecule has 0 aliphatic rings. The van der Waals surface area contributed by atoms with E-state index in [4.69, 9.17) is 10.2 Å². The Bertz CT molecular complexity index is 161. The predicted octanol–water partition coefficient (Wildman–Crippen LogP) is 3.53. The molecule has 3 heteroatoms. The summed E-state index contributed by atoms with van der Waals surface area (Å²) in [4.78, 5) is 0. The van der Waals surface area contributed by atoms with Crippen molar-refractivity contribution in [2.45, 2.75) is 71.2 Å². The first-order chi connectivity index (χ1) is 6.86. The Balaban J connectivity index is 4.73. The van der Waals surface area contributed by atoms with Crippen molar-refractivity contribution in [2.75, 3.05) is 6.54 Å². The molecule has 0 radical (unpaired) electrons. The van der Waals surface area contributed by atoms with Gasteiger partial charge in [-0.2, -0.15) is 0 Å². The monoisotopic (exact) mass is 231 g/mol. The lowest BCUT2D eigenvalue weighted by Crippen LogP contribution is -2.46. The Morgan fingerprint density at radius 3 is 1.73 bits per heavy atom. The van der Waals surface area contributed by atoms with Crippen molar-refractivity contribution >= 4 is 8.32 Å². The van der Waals surface area contributed by atoms with Gasteiger partial charge in [0.25, 0.3) is 0 Å². The molecule has 0 aromatic carbocycles. The number of nitrogens with two attached hydrogens (primary N) is 1. The van der Waals surface area contributed by atoms with Gasteiger partial charge in [0, 0.05) is 6.10 Å². The Morgan fingerprint density at radius 2 is 1.47 bits per heavy atom. The average molecular weight is 231 g/mol. The van der Waals surface area contributed by atoms with Crippen LogP contribution in [0.15, 0.2) is 0 Å². The fourth-order valence-electron chi connectivity index (χ4n) is 2.39. The summed E-state index contributed by atoms with van der Waals surface area (Å²) in [6, 6.07) is 1.21. The van der Waals surface area contributed by atoms with Gasteiger partial charge in [0.2, 0.25) is 0 Å². The van der Waals surface area contributed by atoms with Gasteiger partial charge in [-0.3, -0.25) is 0 Å². The molecule has 0 unspecified atom stereocenters. The lowest BCUT2D eigenvalue weighted by atomic mass is 10.5. The highest BCUT2D eigenvalue weighted by Gasteiger charge is 2.41.